The first-order valence-electron chi connectivity index (χ1n) is 11.7. The average molecular weight is 441 g/mol. The van der Waals surface area contributed by atoms with E-state index in [1.165, 1.54) is 24.8 Å². The molecule has 1 unspecified atom stereocenters. The van der Waals surface area contributed by atoms with Crippen LogP contribution in [0, 0.1) is 0 Å². The van der Waals surface area contributed by atoms with Crippen molar-refractivity contribution in [3.63, 3.8) is 0 Å². The number of piperidine rings is 1. The Balaban J connectivity index is 1.38. The number of benzene rings is 1. The van der Waals surface area contributed by atoms with Crippen LogP contribution >= 0.6 is 0 Å². The second-order valence-electron chi connectivity index (χ2n) is 8.54. The Labute approximate surface area is 191 Å². The van der Waals surface area contributed by atoms with E-state index >= 15 is 0 Å². The SMILES string of the molecule is CN=C(NCC(c1ccccc1OC)N1CCCCC1)N1CCN(Cc2ccon2)CC1. The number of hydrogen-bond donors (Lipinski definition) is 1. The quantitative estimate of drug-likeness (QED) is 0.524. The molecule has 8 nitrogen and oxygen atoms in total. The molecule has 0 saturated carbocycles. The van der Waals surface area contributed by atoms with Gasteiger partial charge in [0.1, 0.15) is 12.0 Å². The Morgan fingerprint density at radius 1 is 1.09 bits per heavy atom. The van der Waals surface area contributed by atoms with Gasteiger partial charge in [0, 0.05) is 57.9 Å². The Morgan fingerprint density at radius 2 is 1.88 bits per heavy atom. The number of likely N-dealkylation sites (tertiary alicyclic amines) is 1. The zero-order valence-electron chi connectivity index (χ0n) is 19.4. The van der Waals surface area contributed by atoms with E-state index in [1.807, 2.05) is 19.2 Å². The summed E-state index contributed by atoms with van der Waals surface area (Å²) in [6, 6.07) is 10.6. The minimum Gasteiger partial charge on any atom is -0.496 e. The largest absolute Gasteiger partial charge is 0.496 e. The zero-order valence-corrected chi connectivity index (χ0v) is 19.4. The lowest BCUT2D eigenvalue weighted by atomic mass is 10.0. The highest BCUT2D eigenvalue weighted by atomic mass is 16.5. The molecule has 32 heavy (non-hydrogen) atoms. The van der Waals surface area contributed by atoms with E-state index in [2.05, 4.69) is 48.4 Å². The molecular formula is C24H36N6O2. The lowest BCUT2D eigenvalue weighted by Gasteiger charge is -2.38. The number of guanidine groups is 1. The molecule has 2 aliphatic rings. The molecule has 0 radical (unpaired) electrons. The average Bonchev–Trinajstić information content (AvgIpc) is 3.36. The second kappa shape index (κ2) is 11.3. The summed E-state index contributed by atoms with van der Waals surface area (Å²) in [5.41, 5.74) is 2.24. The third-order valence-corrected chi connectivity index (χ3v) is 6.54. The van der Waals surface area contributed by atoms with E-state index in [-0.39, 0.29) is 6.04 Å². The molecule has 8 heteroatoms. The van der Waals surface area contributed by atoms with E-state index < -0.39 is 0 Å². The molecule has 1 aromatic heterocycles. The van der Waals surface area contributed by atoms with Gasteiger partial charge in [-0.1, -0.05) is 29.8 Å². The number of nitrogens with one attached hydrogen (secondary N) is 1. The third kappa shape index (κ3) is 5.61. The lowest BCUT2D eigenvalue weighted by Crippen LogP contribution is -2.53. The normalized spacial score (nSPS) is 19.7. The second-order valence-corrected chi connectivity index (χ2v) is 8.54. The molecule has 2 fully saturated rings. The molecule has 0 spiro atoms. The van der Waals surface area contributed by atoms with Crippen LogP contribution in [0.1, 0.15) is 36.6 Å². The topological polar surface area (TPSA) is 69.4 Å². The molecule has 2 aromatic rings. The number of rotatable bonds is 7. The van der Waals surface area contributed by atoms with E-state index in [0.29, 0.717) is 0 Å². The van der Waals surface area contributed by atoms with Crippen molar-refractivity contribution in [1.82, 2.24) is 25.2 Å². The van der Waals surface area contributed by atoms with Gasteiger partial charge in [0.25, 0.3) is 0 Å². The van der Waals surface area contributed by atoms with Crippen LogP contribution < -0.4 is 10.1 Å². The van der Waals surface area contributed by atoms with Gasteiger partial charge in [-0.2, -0.15) is 0 Å². The van der Waals surface area contributed by atoms with Crippen LogP contribution in [0.2, 0.25) is 0 Å². The predicted molar refractivity (Wildman–Crippen MR) is 126 cm³/mol. The van der Waals surface area contributed by atoms with E-state index in [0.717, 1.165) is 69.8 Å². The molecule has 2 aliphatic heterocycles. The van der Waals surface area contributed by atoms with E-state index in [4.69, 9.17) is 9.26 Å². The Kier molecular flexibility index (Phi) is 8.01. The summed E-state index contributed by atoms with van der Waals surface area (Å²) >= 11 is 0. The zero-order chi connectivity index (χ0) is 22.2. The van der Waals surface area contributed by atoms with Crippen molar-refractivity contribution in [2.75, 3.05) is 60.0 Å². The highest BCUT2D eigenvalue weighted by Crippen LogP contribution is 2.31. The maximum Gasteiger partial charge on any atom is 0.193 e. The number of ether oxygens (including phenoxy) is 1. The first-order chi connectivity index (χ1) is 15.8. The van der Waals surface area contributed by atoms with Gasteiger partial charge in [-0.15, -0.1) is 0 Å². The molecule has 0 amide bonds. The summed E-state index contributed by atoms with van der Waals surface area (Å²) < 4.78 is 10.7. The Hall–Kier alpha value is -2.58. The van der Waals surface area contributed by atoms with Crippen LogP contribution in [0.25, 0.3) is 0 Å². The molecule has 1 N–H and O–H groups in total. The molecule has 174 valence electrons. The third-order valence-electron chi connectivity index (χ3n) is 6.54. The minimum atomic E-state index is 0.261. The molecule has 0 aliphatic carbocycles. The van der Waals surface area contributed by atoms with Crippen LogP contribution in [-0.2, 0) is 6.54 Å². The summed E-state index contributed by atoms with van der Waals surface area (Å²) in [7, 11) is 3.64. The molecule has 4 rings (SSSR count). The monoisotopic (exact) mass is 440 g/mol. The number of para-hydroxylation sites is 1. The summed E-state index contributed by atoms with van der Waals surface area (Å²) in [5.74, 6) is 1.93. The van der Waals surface area contributed by atoms with Gasteiger partial charge in [0.05, 0.1) is 18.8 Å². The predicted octanol–water partition coefficient (Wildman–Crippen LogP) is 2.60. The molecular weight excluding hydrogens is 404 g/mol. The number of hydrogen-bond acceptors (Lipinski definition) is 6. The van der Waals surface area contributed by atoms with Crippen molar-refractivity contribution < 1.29 is 9.26 Å². The van der Waals surface area contributed by atoms with Gasteiger partial charge in [0.15, 0.2) is 5.96 Å². The smallest absolute Gasteiger partial charge is 0.193 e. The van der Waals surface area contributed by atoms with Crippen molar-refractivity contribution in [2.45, 2.75) is 31.8 Å². The van der Waals surface area contributed by atoms with Crippen LogP contribution in [0.4, 0.5) is 0 Å². The van der Waals surface area contributed by atoms with Crippen molar-refractivity contribution in [2.24, 2.45) is 4.99 Å². The van der Waals surface area contributed by atoms with Crippen LogP contribution in [0.5, 0.6) is 5.75 Å². The van der Waals surface area contributed by atoms with Crippen molar-refractivity contribution in [3.05, 3.63) is 47.9 Å². The number of methoxy groups -OCH3 is 1. The van der Waals surface area contributed by atoms with Gasteiger partial charge >= 0.3 is 0 Å². The standard InChI is InChI=1S/C24H36N6O2/c1-25-24(30-15-13-28(14-16-30)19-20-10-17-32-27-20)26-18-22(29-11-6-3-7-12-29)21-8-4-5-9-23(21)31-2/h4-5,8-10,17,22H,3,6-7,11-16,18-19H2,1-2H3,(H,25,26). The Bertz CT molecular complexity index is 842. The fraction of sp³-hybridized carbons (Fsp3) is 0.583. The summed E-state index contributed by atoms with van der Waals surface area (Å²) in [6.45, 7) is 7.76. The maximum atomic E-state index is 5.71. The molecule has 1 atom stereocenters. The van der Waals surface area contributed by atoms with Gasteiger partial charge in [-0.25, -0.2) is 0 Å². The fourth-order valence-electron chi connectivity index (χ4n) is 4.79. The highest BCUT2D eigenvalue weighted by molar-refractivity contribution is 5.80. The summed E-state index contributed by atoms with van der Waals surface area (Å²) in [6.07, 6.45) is 5.47. The summed E-state index contributed by atoms with van der Waals surface area (Å²) in [4.78, 5) is 12.0. The number of aliphatic imine (C=N–C) groups is 1. The molecule has 3 heterocycles. The highest BCUT2D eigenvalue weighted by Gasteiger charge is 2.26. The van der Waals surface area contributed by atoms with E-state index in [9.17, 15) is 0 Å². The molecule has 0 bridgehead atoms. The fourth-order valence-corrected chi connectivity index (χ4v) is 4.79. The lowest BCUT2D eigenvalue weighted by molar-refractivity contribution is 0.155. The first kappa shape index (κ1) is 22.6. The molecule has 2 saturated heterocycles. The van der Waals surface area contributed by atoms with Gasteiger partial charge < -0.3 is 19.5 Å². The van der Waals surface area contributed by atoms with Gasteiger partial charge in [-0.3, -0.25) is 14.8 Å². The maximum absolute atomic E-state index is 5.71. The number of nitrogens with zero attached hydrogens (tertiary/aromatic N) is 5. The molecule has 1 aromatic carbocycles. The van der Waals surface area contributed by atoms with E-state index in [1.54, 1.807) is 13.4 Å². The van der Waals surface area contributed by atoms with Crippen LogP contribution in [-0.4, -0.2) is 85.8 Å². The number of piperazine rings is 1. The summed E-state index contributed by atoms with van der Waals surface area (Å²) in [5, 5.41) is 7.72. The van der Waals surface area contributed by atoms with Crippen LogP contribution in [0.15, 0.2) is 46.1 Å². The van der Waals surface area contributed by atoms with Crippen molar-refractivity contribution >= 4 is 5.96 Å². The number of aromatic nitrogens is 1. The Morgan fingerprint density at radius 3 is 2.56 bits per heavy atom. The first-order valence-corrected chi connectivity index (χ1v) is 11.7. The van der Waals surface area contributed by atoms with Gasteiger partial charge in [0.2, 0.25) is 0 Å². The van der Waals surface area contributed by atoms with Gasteiger partial charge in [-0.05, 0) is 32.0 Å². The van der Waals surface area contributed by atoms with Crippen LogP contribution in [0.3, 0.4) is 0 Å². The van der Waals surface area contributed by atoms with Crippen molar-refractivity contribution in [3.8, 4) is 5.75 Å². The minimum absolute atomic E-state index is 0.261. The van der Waals surface area contributed by atoms with Crippen molar-refractivity contribution in [1.29, 1.82) is 0 Å².